The summed E-state index contributed by atoms with van der Waals surface area (Å²) in [5, 5.41) is 7.12. The third-order valence-corrected chi connectivity index (χ3v) is 4.32. The van der Waals surface area contributed by atoms with Crippen LogP contribution in [0.25, 0.3) is 17.1 Å². The predicted octanol–water partition coefficient (Wildman–Crippen LogP) is 3.44. The molecule has 0 bridgehead atoms. The van der Waals surface area contributed by atoms with Gasteiger partial charge in [-0.15, -0.1) is 0 Å². The molecule has 2 heterocycles. The van der Waals surface area contributed by atoms with E-state index in [2.05, 4.69) is 15.4 Å². The molecule has 8 nitrogen and oxygen atoms in total. The summed E-state index contributed by atoms with van der Waals surface area (Å²) < 4.78 is 27.9. The van der Waals surface area contributed by atoms with Crippen LogP contribution in [-0.4, -0.2) is 51.8 Å². The van der Waals surface area contributed by atoms with Crippen LogP contribution in [0.5, 0.6) is 5.75 Å². The average molecular weight is 436 g/mol. The largest absolute Gasteiger partial charge is 0.496 e. The quantitative estimate of drug-likeness (QED) is 0.545. The number of rotatable bonds is 8. The Morgan fingerprint density at radius 3 is 2.83 bits per heavy atom. The van der Waals surface area contributed by atoms with Crippen LogP contribution in [0, 0.1) is 5.82 Å². The van der Waals surface area contributed by atoms with Gasteiger partial charge >= 0.3 is 0 Å². The Balaban J connectivity index is 2.05. The molecule has 160 valence electrons. The summed E-state index contributed by atoms with van der Waals surface area (Å²) in [6.07, 6.45) is 2.06. The van der Waals surface area contributed by atoms with Crippen LogP contribution >= 0.6 is 11.8 Å². The number of benzene rings is 1. The number of aromatic nitrogens is 3. The molecule has 0 saturated carbocycles. The molecular weight excluding hydrogens is 413 g/mol. The van der Waals surface area contributed by atoms with Crippen molar-refractivity contribution in [1.29, 1.82) is 0 Å². The number of nitrogens with zero attached hydrogens (tertiary/aromatic N) is 4. The first-order chi connectivity index (χ1) is 14.3. The van der Waals surface area contributed by atoms with Crippen LogP contribution in [0.4, 0.5) is 4.39 Å². The van der Waals surface area contributed by atoms with Gasteiger partial charge in [-0.2, -0.15) is 10.1 Å². The molecule has 0 fully saturated rings. The van der Waals surface area contributed by atoms with Crippen molar-refractivity contribution in [1.82, 2.24) is 24.5 Å². The first kappa shape index (κ1) is 21.8. The van der Waals surface area contributed by atoms with Gasteiger partial charge in [0.05, 0.1) is 12.7 Å². The smallest absolute Gasteiger partial charge is 0.271 e. The predicted molar refractivity (Wildman–Crippen MR) is 110 cm³/mol. The zero-order valence-electron chi connectivity index (χ0n) is 17.1. The minimum Gasteiger partial charge on any atom is -0.496 e. The van der Waals surface area contributed by atoms with Crippen molar-refractivity contribution in [2.75, 3.05) is 20.7 Å². The lowest BCUT2D eigenvalue weighted by molar-refractivity contribution is 0.0937. The van der Waals surface area contributed by atoms with Gasteiger partial charge in [0.15, 0.2) is 17.3 Å². The molecule has 10 heteroatoms. The van der Waals surface area contributed by atoms with Crippen LogP contribution in [-0.2, 0) is 6.42 Å². The van der Waals surface area contributed by atoms with Gasteiger partial charge in [-0.3, -0.25) is 4.79 Å². The Morgan fingerprint density at radius 2 is 2.17 bits per heavy atom. The van der Waals surface area contributed by atoms with Crippen LogP contribution in [0.15, 0.2) is 34.9 Å². The van der Waals surface area contributed by atoms with Crippen molar-refractivity contribution in [3.8, 4) is 22.9 Å². The topological polar surface area (TPSA) is 85.4 Å². The fourth-order valence-electron chi connectivity index (χ4n) is 2.79. The van der Waals surface area contributed by atoms with Crippen LogP contribution in [0.3, 0.4) is 0 Å². The number of oxazole rings is 1. The summed E-state index contributed by atoms with van der Waals surface area (Å²) >= 11 is 5.89. The Kier molecular flexibility index (Phi) is 6.73. The van der Waals surface area contributed by atoms with Gasteiger partial charge < -0.3 is 14.5 Å². The third kappa shape index (κ3) is 4.98. The number of amides is 1. The van der Waals surface area contributed by atoms with Crippen LogP contribution in [0.2, 0.25) is 0 Å². The van der Waals surface area contributed by atoms with E-state index in [-0.39, 0.29) is 17.6 Å². The molecule has 1 N–H and O–H groups in total. The fraction of sp³-hybridized carbons (Fsp3) is 0.350. The van der Waals surface area contributed by atoms with Gasteiger partial charge in [0.25, 0.3) is 5.91 Å². The molecule has 2 aromatic heterocycles. The summed E-state index contributed by atoms with van der Waals surface area (Å²) in [7, 11) is 3.17. The zero-order valence-corrected chi connectivity index (χ0v) is 17.9. The highest BCUT2D eigenvalue weighted by Gasteiger charge is 2.22. The van der Waals surface area contributed by atoms with Crippen molar-refractivity contribution < 1.29 is 18.3 Å². The number of hydrogen-bond donors (Lipinski definition) is 1. The zero-order chi connectivity index (χ0) is 21.8. The molecule has 0 aliphatic carbocycles. The number of hydrogen-bond acceptors (Lipinski definition) is 6. The highest BCUT2D eigenvalue weighted by Crippen LogP contribution is 2.35. The van der Waals surface area contributed by atoms with E-state index >= 15 is 0 Å². The molecule has 0 aliphatic heterocycles. The second-order valence-corrected chi connectivity index (χ2v) is 7.53. The van der Waals surface area contributed by atoms with Crippen molar-refractivity contribution in [3.63, 3.8) is 0 Å². The van der Waals surface area contributed by atoms with E-state index in [4.69, 9.17) is 20.9 Å². The summed E-state index contributed by atoms with van der Waals surface area (Å²) in [6.45, 7) is 4.24. The van der Waals surface area contributed by atoms with E-state index in [0.717, 1.165) is 0 Å². The number of methoxy groups -OCH3 is 1. The number of ether oxygens (including phenoxy) is 1. The fourth-order valence-corrected chi connectivity index (χ4v) is 2.88. The summed E-state index contributed by atoms with van der Waals surface area (Å²) in [5.74, 6) is 0.680. The van der Waals surface area contributed by atoms with Gasteiger partial charge in [-0.25, -0.2) is 13.5 Å². The number of carbonyl (C=O) groups excluding carboxylic acids is 1. The van der Waals surface area contributed by atoms with Crippen LogP contribution < -0.4 is 10.1 Å². The lowest BCUT2D eigenvalue weighted by Gasteiger charge is -2.08. The summed E-state index contributed by atoms with van der Waals surface area (Å²) in [5.41, 5.74) is 0.751. The summed E-state index contributed by atoms with van der Waals surface area (Å²) in [6, 6.07) is 5.68. The van der Waals surface area contributed by atoms with E-state index in [0.29, 0.717) is 41.7 Å². The van der Waals surface area contributed by atoms with E-state index in [1.807, 2.05) is 13.8 Å². The highest BCUT2D eigenvalue weighted by molar-refractivity contribution is 6.13. The van der Waals surface area contributed by atoms with Crippen molar-refractivity contribution in [3.05, 3.63) is 47.9 Å². The number of halogens is 2. The Labute approximate surface area is 178 Å². The standard InChI is InChI=1S/C20H23ClFN5O3/c1-12(2)23-20(28)15-7-10-27(25-15)19-18(30-17(24-19)8-9-26(3)21)14-6-5-13(22)11-16(14)29-4/h5-7,10-12H,8-9H2,1-4H3,(H,23,28). The Morgan fingerprint density at radius 1 is 1.40 bits per heavy atom. The Bertz CT molecular complexity index is 1030. The van der Waals surface area contributed by atoms with E-state index in [1.165, 1.54) is 28.3 Å². The molecule has 3 aromatic rings. The highest BCUT2D eigenvalue weighted by atomic mass is 35.5. The molecule has 0 saturated heterocycles. The first-order valence-electron chi connectivity index (χ1n) is 9.36. The molecule has 0 radical (unpaired) electrons. The minimum absolute atomic E-state index is 0.0205. The lowest BCUT2D eigenvalue weighted by Crippen LogP contribution is -2.30. The molecule has 0 spiro atoms. The molecular formula is C20H23ClFN5O3. The molecule has 1 aromatic carbocycles. The Hall–Kier alpha value is -2.91. The summed E-state index contributed by atoms with van der Waals surface area (Å²) in [4.78, 5) is 16.8. The molecule has 3 rings (SSSR count). The van der Waals surface area contributed by atoms with Gasteiger partial charge in [0, 0.05) is 38.3 Å². The maximum Gasteiger partial charge on any atom is 0.271 e. The maximum atomic E-state index is 13.7. The minimum atomic E-state index is -0.438. The molecule has 1 amide bonds. The molecule has 0 unspecified atom stereocenters. The van der Waals surface area contributed by atoms with Gasteiger partial charge in [0.1, 0.15) is 11.6 Å². The number of carbonyl (C=O) groups is 1. The second kappa shape index (κ2) is 9.27. The molecule has 0 aliphatic rings. The maximum absolute atomic E-state index is 13.7. The SMILES string of the molecule is COc1cc(F)ccc1-c1oc(CCN(C)Cl)nc1-n1ccc(C(=O)NC(C)C)n1. The second-order valence-electron chi connectivity index (χ2n) is 6.96. The van der Waals surface area contributed by atoms with Gasteiger partial charge in [-0.1, -0.05) is 0 Å². The number of nitrogens with one attached hydrogen (secondary N) is 1. The molecule has 0 atom stereocenters. The first-order valence-corrected chi connectivity index (χ1v) is 9.69. The van der Waals surface area contributed by atoms with Crippen LogP contribution in [0.1, 0.15) is 30.2 Å². The van der Waals surface area contributed by atoms with E-state index in [9.17, 15) is 9.18 Å². The van der Waals surface area contributed by atoms with Crippen molar-refractivity contribution in [2.45, 2.75) is 26.3 Å². The lowest BCUT2D eigenvalue weighted by atomic mass is 10.1. The average Bonchev–Trinajstić information content (AvgIpc) is 3.32. The van der Waals surface area contributed by atoms with Crippen molar-refractivity contribution in [2.24, 2.45) is 0 Å². The van der Waals surface area contributed by atoms with Gasteiger partial charge in [0.2, 0.25) is 5.82 Å². The van der Waals surface area contributed by atoms with E-state index < -0.39 is 5.82 Å². The number of likely N-dealkylation sites (N-methyl/N-ethyl adjacent to an activating group) is 1. The third-order valence-electron chi connectivity index (χ3n) is 4.15. The van der Waals surface area contributed by atoms with Crippen molar-refractivity contribution >= 4 is 17.7 Å². The normalized spacial score (nSPS) is 11.3. The van der Waals surface area contributed by atoms with Gasteiger partial charge in [-0.05, 0) is 43.8 Å². The molecule has 30 heavy (non-hydrogen) atoms. The monoisotopic (exact) mass is 435 g/mol. The van der Waals surface area contributed by atoms with E-state index in [1.54, 1.807) is 25.4 Å².